The average Bonchev–Trinajstić information content (AvgIpc) is 2.32. The van der Waals surface area contributed by atoms with Crippen LogP contribution in [0.5, 0.6) is 0 Å². The van der Waals surface area contributed by atoms with Crippen molar-refractivity contribution in [3.05, 3.63) is 18.2 Å². The third-order valence-corrected chi connectivity index (χ3v) is 4.43. The molecule has 0 saturated carbocycles. The molecule has 5 N–H and O–H groups in total. The van der Waals surface area contributed by atoms with E-state index in [1.165, 1.54) is 6.07 Å². The zero-order valence-electron chi connectivity index (χ0n) is 10.8. The molecule has 0 aromatic heterocycles. The van der Waals surface area contributed by atoms with Crippen LogP contribution >= 0.6 is 0 Å². The van der Waals surface area contributed by atoms with E-state index < -0.39 is 10.0 Å². The molecule has 19 heavy (non-hydrogen) atoms. The zero-order chi connectivity index (χ0) is 14.2. The lowest BCUT2D eigenvalue weighted by Gasteiger charge is -2.36. The second-order valence-electron chi connectivity index (χ2n) is 5.05. The fourth-order valence-electron chi connectivity index (χ4n) is 2.37. The van der Waals surface area contributed by atoms with Crippen LogP contribution in [0.4, 0.5) is 11.4 Å². The number of sulfonamides is 1. The molecule has 1 saturated heterocycles. The number of rotatable bonds is 2. The Kier molecular flexibility index (Phi) is 3.71. The Morgan fingerprint density at radius 1 is 1.42 bits per heavy atom. The molecule has 1 aromatic carbocycles. The molecule has 0 bridgehead atoms. The van der Waals surface area contributed by atoms with Gasteiger partial charge in [0.25, 0.3) is 0 Å². The molecular weight excluding hydrogens is 266 g/mol. The summed E-state index contributed by atoms with van der Waals surface area (Å²) in [6.07, 6.45) is 0.262. The molecule has 0 radical (unpaired) electrons. The van der Waals surface area contributed by atoms with Gasteiger partial charge in [-0.25, -0.2) is 13.6 Å². The number of benzene rings is 1. The maximum absolute atomic E-state index is 11.6. The van der Waals surface area contributed by atoms with E-state index >= 15 is 0 Å². The number of hydrogen-bond donors (Lipinski definition) is 3. The first-order valence-corrected chi connectivity index (χ1v) is 7.69. The summed E-state index contributed by atoms with van der Waals surface area (Å²) in [6.45, 7) is 3.12. The van der Waals surface area contributed by atoms with E-state index in [9.17, 15) is 13.5 Å². The second-order valence-corrected chi connectivity index (χ2v) is 6.58. The van der Waals surface area contributed by atoms with Crippen molar-refractivity contribution in [3.63, 3.8) is 0 Å². The molecule has 7 heteroatoms. The first kappa shape index (κ1) is 14.1. The number of anilines is 2. The number of aliphatic hydroxyl groups is 1. The molecule has 0 amide bonds. The van der Waals surface area contributed by atoms with Gasteiger partial charge in [-0.3, -0.25) is 0 Å². The molecule has 1 fully saturated rings. The highest BCUT2D eigenvalue weighted by atomic mass is 32.2. The zero-order valence-corrected chi connectivity index (χ0v) is 11.6. The van der Waals surface area contributed by atoms with Crippen LogP contribution in [-0.2, 0) is 10.0 Å². The van der Waals surface area contributed by atoms with Crippen LogP contribution in [0.15, 0.2) is 23.1 Å². The monoisotopic (exact) mass is 285 g/mol. The highest BCUT2D eigenvalue weighted by Gasteiger charge is 2.27. The highest BCUT2D eigenvalue weighted by molar-refractivity contribution is 7.89. The van der Waals surface area contributed by atoms with Gasteiger partial charge in [0.2, 0.25) is 10.0 Å². The van der Waals surface area contributed by atoms with Crippen molar-refractivity contribution in [1.82, 2.24) is 0 Å². The molecule has 0 spiro atoms. The smallest absolute Gasteiger partial charge is 0.240 e. The Hall–Kier alpha value is -1.31. The van der Waals surface area contributed by atoms with Crippen LogP contribution in [0.3, 0.4) is 0 Å². The molecule has 106 valence electrons. The first-order valence-electron chi connectivity index (χ1n) is 6.14. The second kappa shape index (κ2) is 4.99. The predicted molar refractivity (Wildman–Crippen MR) is 74.2 cm³/mol. The van der Waals surface area contributed by atoms with Gasteiger partial charge in [-0.15, -0.1) is 0 Å². The summed E-state index contributed by atoms with van der Waals surface area (Å²) >= 11 is 0. The van der Waals surface area contributed by atoms with Gasteiger partial charge < -0.3 is 15.7 Å². The van der Waals surface area contributed by atoms with Crippen molar-refractivity contribution in [2.24, 2.45) is 11.1 Å². The summed E-state index contributed by atoms with van der Waals surface area (Å²) in [5.74, 6) is 0.0830. The van der Waals surface area contributed by atoms with Gasteiger partial charge >= 0.3 is 0 Å². The molecule has 1 aliphatic heterocycles. The minimum atomic E-state index is -3.82. The maximum Gasteiger partial charge on any atom is 0.240 e. The van der Waals surface area contributed by atoms with E-state index in [-0.39, 0.29) is 16.9 Å². The van der Waals surface area contributed by atoms with E-state index in [4.69, 9.17) is 10.9 Å². The topological polar surface area (TPSA) is 110 Å². The Morgan fingerprint density at radius 3 is 2.68 bits per heavy atom. The lowest BCUT2D eigenvalue weighted by Crippen LogP contribution is -2.42. The van der Waals surface area contributed by atoms with Gasteiger partial charge in [0.05, 0.1) is 11.8 Å². The number of hydrogen-bond acceptors (Lipinski definition) is 5. The largest absolute Gasteiger partial charge is 0.399 e. The summed E-state index contributed by atoms with van der Waals surface area (Å²) in [5, 5.41) is 15.0. The van der Waals surface area contributed by atoms with E-state index in [2.05, 4.69) is 0 Å². The Bertz CT molecular complexity index is 574. The fourth-order valence-corrected chi connectivity index (χ4v) is 3.16. The third-order valence-electron chi connectivity index (χ3n) is 3.49. The van der Waals surface area contributed by atoms with Crippen LogP contribution in [0.1, 0.15) is 13.3 Å². The van der Waals surface area contributed by atoms with Crippen molar-refractivity contribution in [1.29, 1.82) is 0 Å². The minimum Gasteiger partial charge on any atom is -0.399 e. The maximum atomic E-state index is 11.6. The summed E-state index contributed by atoms with van der Waals surface area (Å²) in [5.41, 5.74) is 6.54. The molecule has 1 aliphatic rings. The van der Waals surface area contributed by atoms with Crippen LogP contribution in [0.25, 0.3) is 0 Å². The van der Waals surface area contributed by atoms with Crippen LogP contribution in [0, 0.1) is 5.92 Å². The quantitative estimate of drug-likeness (QED) is 0.669. The predicted octanol–water partition coefficient (Wildman–Crippen LogP) is 0.123. The van der Waals surface area contributed by atoms with Crippen molar-refractivity contribution < 1.29 is 13.5 Å². The Balaban J connectivity index is 2.40. The van der Waals surface area contributed by atoms with E-state index in [0.717, 1.165) is 0 Å². The molecule has 1 aromatic rings. The number of primary sulfonamides is 1. The van der Waals surface area contributed by atoms with Crippen LogP contribution < -0.4 is 15.8 Å². The molecule has 6 nitrogen and oxygen atoms in total. The summed E-state index contributed by atoms with van der Waals surface area (Å²) in [4.78, 5) is 1.97. The number of nitrogen functional groups attached to an aromatic ring is 1. The van der Waals surface area contributed by atoms with Gasteiger partial charge in [-0.2, -0.15) is 0 Å². The molecule has 0 aliphatic carbocycles. The minimum absolute atomic E-state index is 0.0380. The molecule has 2 unspecified atom stereocenters. The van der Waals surface area contributed by atoms with Gasteiger partial charge in [0, 0.05) is 18.8 Å². The standard InChI is InChI=1S/C12H19N3O3S/c1-8-7-15(5-4-11(8)16)10-3-2-9(13)6-12(10)19(14,17)18/h2-3,6,8,11,16H,4-5,7,13H2,1H3,(H2,14,17,18). The van der Waals surface area contributed by atoms with Crippen molar-refractivity contribution >= 4 is 21.4 Å². The van der Waals surface area contributed by atoms with Gasteiger partial charge in [-0.05, 0) is 30.5 Å². The molecule has 2 rings (SSSR count). The van der Waals surface area contributed by atoms with E-state index in [1.807, 2.05) is 11.8 Å². The molecule has 2 atom stereocenters. The van der Waals surface area contributed by atoms with Gasteiger partial charge in [0.1, 0.15) is 4.90 Å². The van der Waals surface area contributed by atoms with Crippen molar-refractivity contribution in [2.45, 2.75) is 24.3 Å². The summed E-state index contributed by atoms with van der Waals surface area (Å²) in [6, 6.07) is 4.69. The average molecular weight is 285 g/mol. The Labute approximate surface area is 113 Å². The van der Waals surface area contributed by atoms with E-state index in [1.54, 1.807) is 12.1 Å². The molecular formula is C12H19N3O3S. The van der Waals surface area contributed by atoms with Gasteiger partial charge in [-0.1, -0.05) is 6.92 Å². The SMILES string of the molecule is CC1CN(c2ccc(N)cc2S(N)(=O)=O)CCC1O. The number of nitrogens with two attached hydrogens (primary N) is 2. The van der Waals surface area contributed by atoms with Crippen molar-refractivity contribution in [3.8, 4) is 0 Å². The van der Waals surface area contributed by atoms with E-state index in [0.29, 0.717) is 30.9 Å². The van der Waals surface area contributed by atoms with Gasteiger partial charge in [0.15, 0.2) is 0 Å². The highest BCUT2D eigenvalue weighted by Crippen LogP contribution is 2.30. The lowest BCUT2D eigenvalue weighted by atomic mass is 9.96. The number of aliphatic hydroxyl groups excluding tert-OH is 1. The van der Waals surface area contributed by atoms with Crippen LogP contribution in [0.2, 0.25) is 0 Å². The number of piperidine rings is 1. The first-order chi connectivity index (χ1) is 8.79. The Morgan fingerprint density at radius 2 is 2.11 bits per heavy atom. The summed E-state index contributed by atoms with van der Waals surface area (Å²) < 4.78 is 23.3. The molecule has 1 heterocycles. The van der Waals surface area contributed by atoms with Crippen molar-refractivity contribution in [2.75, 3.05) is 23.7 Å². The number of nitrogens with zero attached hydrogens (tertiary/aromatic N) is 1. The summed E-state index contributed by atoms with van der Waals surface area (Å²) in [7, 11) is -3.82. The third kappa shape index (κ3) is 2.99. The fraction of sp³-hybridized carbons (Fsp3) is 0.500. The van der Waals surface area contributed by atoms with Crippen LogP contribution in [-0.4, -0.2) is 32.7 Å². The normalized spacial score (nSPS) is 24.5. The lowest BCUT2D eigenvalue weighted by molar-refractivity contribution is 0.0969.